The lowest BCUT2D eigenvalue weighted by molar-refractivity contribution is -0.141. The second-order valence-electron chi connectivity index (χ2n) is 10.3. The van der Waals surface area contributed by atoms with Crippen LogP contribution in [0.3, 0.4) is 0 Å². The van der Waals surface area contributed by atoms with Gasteiger partial charge in [0.05, 0.1) is 17.4 Å². The molecule has 0 aromatic carbocycles. The summed E-state index contributed by atoms with van der Waals surface area (Å²) in [5.74, 6) is -0.229. The zero-order valence-corrected chi connectivity index (χ0v) is 23.6. The van der Waals surface area contributed by atoms with Crippen molar-refractivity contribution in [1.29, 1.82) is 0 Å². The number of anilines is 1. The first kappa shape index (κ1) is 29.7. The van der Waals surface area contributed by atoms with Crippen molar-refractivity contribution in [2.45, 2.75) is 64.8 Å². The number of hydrogen-bond donors (Lipinski definition) is 1. The highest BCUT2D eigenvalue weighted by Gasteiger charge is 2.33. The molecule has 0 radical (unpaired) electrons. The van der Waals surface area contributed by atoms with Crippen LogP contribution in [-0.4, -0.2) is 57.5 Å². The maximum absolute atomic E-state index is 13.1. The zero-order chi connectivity index (χ0) is 28.9. The van der Waals surface area contributed by atoms with Crippen molar-refractivity contribution in [3.8, 4) is 0 Å². The Hall–Kier alpha value is -3.24. The highest BCUT2D eigenvalue weighted by Crippen LogP contribution is 2.31. The first-order chi connectivity index (χ1) is 19.0. The van der Waals surface area contributed by atoms with Crippen LogP contribution in [0.1, 0.15) is 58.9 Å². The lowest BCUT2D eigenvalue weighted by Gasteiger charge is -2.42. The van der Waals surface area contributed by atoms with Gasteiger partial charge in [-0.3, -0.25) is 9.78 Å². The summed E-state index contributed by atoms with van der Waals surface area (Å²) >= 11 is 6.12. The lowest BCUT2D eigenvalue weighted by atomic mass is 9.99. The molecule has 3 aromatic heterocycles. The molecule has 214 valence electrons. The second kappa shape index (κ2) is 13.0. The van der Waals surface area contributed by atoms with E-state index in [1.54, 1.807) is 18.5 Å². The molecule has 0 bridgehead atoms. The van der Waals surface area contributed by atoms with Crippen molar-refractivity contribution in [3.63, 3.8) is 0 Å². The van der Waals surface area contributed by atoms with Crippen molar-refractivity contribution >= 4 is 23.2 Å². The molecule has 1 aliphatic heterocycles. The number of carbonyl (C=O) groups is 1. The van der Waals surface area contributed by atoms with Crippen LogP contribution in [0, 0.1) is 13.8 Å². The van der Waals surface area contributed by atoms with Crippen LogP contribution in [0.5, 0.6) is 0 Å². The smallest absolute Gasteiger partial charge is 0.363 e. The molecule has 7 nitrogen and oxygen atoms in total. The van der Waals surface area contributed by atoms with E-state index in [0.717, 1.165) is 55.1 Å². The molecule has 1 fully saturated rings. The van der Waals surface area contributed by atoms with Gasteiger partial charge in [0.2, 0.25) is 0 Å². The Balaban J connectivity index is 1.37. The van der Waals surface area contributed by atoms with Gasteiger partial charge in [-0.05, 0) is 81.0 Å². The number of pyridine rings is 3. The van der Waals surface area contributed by atoms with Crippen LogP contribution >= 0.6 is 11.6 Å². The Morgan fingerprint density at radius 1 is 1.10 bits per heavy atom. The number of aryl methyl sites for hydroxylation is 2. The molecule has 1 atom stereocenters. The van der Waals surface area contributed by atoms with E-state index in [1.165, 1.54) is 12.3 Å². The fraction of sp³-hybridized carbons (Fsp3) is 0.448. The highest BCUT2D eigenvalue weighted by molar-refractivity contribution is 6.32. The SMILES string of the molecule is Cc1ccncc1CN(c1ccc(C(F)(F)F)nc1)C1CCN([C@H](C)CCNC(=O)c2c(C)ccnc2Cl)CC1. The molecule has 3 aromatic rings. The molecule has 11 heteroatoms. The number of piperidine rings is 1. The van der Waals surface area contributed by atoms with Crippen molar-refractivity contribution in [1.82, 2.24) is 25.2 Å². The lowest BCUT2D eigenvalue weighted by Crippen LogP contribution is -2.48. The molecule has 4 heterocycles. The summed E-state index contributed by atoms with van der Waals surface area (Å²) in [5.41, 5.74) is 3.05. The maximum Gasteiger partial charge on any atom is 0.433 e. The van der Waals surface area contributed by atoms with E-state index in [9.17, 15) is 18.0 Å². The molecule has 1 N–H and O–H groups in total. The van der Waals surface area contributed by atoms with Gasteiger partial charge in [-0.25, -0.2) is 9.97 Å². The summed E-state index contributed by atoms with van der Waals surface area (Å²) in [5, 5.41) is 3.15. The van der Waals surface area contributed by atoms with Gasteiger partial charge in [0.15, 0.2) is 0 Å². The van der Waals surface area contributed by atoms with Crippen LogP contribution in [0.25, 0.3) is 0 Å². The molecule has 0 unspecified atom stereocenters. The molecule has 40 heavy (non-hydrogen) atoms. The topological polar surface area (TPSA) is 74.2 Å². The number of halogens is 4. The summed E-state index contributed by atoms with van der Waals surface area (Å²) in [4.78, 5) is 29.1. The fourth-order valence-electron chi connectivity index (χ4n) is 5.10. The van der Waals surface area contributed by atoms with Gasteiger partial charge in [0, 0.05) is 56.9 Å². The van der Waals surface area contributed by atoms with Gasteiger partial charge in [-0.2, -0.15) is 13.2 Å². The van der Waals surface area contributed by atoms with Gasteiger partial charge < -0.3 is 15.1 Å². The third-order valence-corrected chi connectivity index (χ3v) is 7.90. The van der Waals surface area contributed by atoms with Crippen LogP contribution in [0.2, 0.25) is 5.15 Å². The third kappa shape index (κ3) is 7.28. The Morgan fingerprint density at radius 3 is 2.45 bits per heavy atom. The van der Waals surface area contributed by atoms with E-state index < -0.39 is 11.9 Å². The molecule has 0 aliphatic carbocycles. The molecular formula is C29H34ClF3N6O. The molecule has 1 saturated heterocycles. The van der Waals surface area contributed by atoms with E-state index in [4.69, 9.17) is 11.6 Å². The number of alkyl halides is 3. The van der Waals surface area contributed by atoms with Crippen LogP contribution in [0.4, 0.5) is 18.9 Å². The van der Waals surface area contributed by atoms with E-state index in [2.05, 4.69) is 37.0 Å². The fourth-order valence-corrected chi connectivity index (χ4v) is 5.39. The summed E-state index contributed by atoms with van der Waals surface area (Å²) in [7, 11) is 0. The predicted octanol–water partition coefficient (Wildman–Crippen LogP) is 5.84. The number of carbonyl (C=O) groups excluding carboxylic acids is 1. The van der Waals surface area contributed by atoms with E-state index in [-0.39, 0.29) is 23.1 Å². The summed E-state index contributed by atoms with van der Waals surface area (Å²) in [6.45, 7) is 8.70. The normalized spacial score (nSPS) is 15.6. The maximum atomic E-state index is 13.1. The van der Waals surface area contributed by atoms with Gasteiger partial charge in [0.1, 0.15) is 10.8 Å². The summed E-state index contributed by atoms with van der Waals surface area (Å²) in [6.07, 6.45) is 4.43. The Bertz CT molecular complexity index is 1280. The van der Waals surface area contributed by atoms with E-state index in [0.29, 0.717) is 24.3 Å². The minimum absolute atomic E-state index is 0.136. The molecular weight excluding hydrogens is 541 g/mol. The summed E-state index contributed by atoms with van der Waals surface area (Å²) in [6, 6.07) is 6.63. The number of rotatable bonds is 9. The van der Waals surface area contributed by atoms with Gasteiger partial charge >= 0.3 is 6.18 Å². The minimum atomic E-state index is -4.48. The molecule has 0 saturated carbocycles. The molecule has 4 rings (SSSR count). The number of amides is 1. The standard InChI is InChI=1S/C29H34ClF3N6O/c1-19-6-11-34-16-22(19)18-39(24-4-5-25(37-17-24)29(31,32)33)23-9-14-38(15-10-23)21(3)8-13-36-28(40)26-20(2)7-12-35-27(26)30/h4-7,11-12,16-17,21,23H,8-10,13-15,18H2,1-3H3,(H,36,40)/t21-/m1/s1. The second-order valence-corrected chi connectivity index (χ2v) is 10.6. The van der Waals surface area contributed by atoms with Crippen molar-refractivity contribution < 1.29 is 18.0 Å². The minimum Gasteiger partial charge on any atom is -0.363 e. The molecule has 0 spiro atoms. The highest BCUT2D eigenvalue weighted by atomic mass is 35.5. The van der Waals surface area contributed by atoms with Gasteiger partial charge in [-0.15, -0.1) is 0 Å². The summed E-state index contributed by atoms with van der Waals surface area (Å²) < 4.78 is 39.4. The zero-order valence-electron chi connectivity index (χ0n) is 22.9. The average Bonchev–Trinajstić information content (AvgIpc) is 2.92. The van der Waals surface area contributed by atoms with Crippen LogP contribution < -0.4 is 10.2 Å². The average molecular weight is 575 g/mol. The number of likely N-dealkylation sites (tertiary alicyclic amines) is 1. The number of aromatic nitrogens is 3. The Kier molecular flexibility index (Phi) is 9.63. The van der Waals surface area contributed by atoms with Crippen LogP contribution in [0.15, 0.2) is 49.1 Å². The Labute approximate surface area is 237 Å². The molecule has 1 amide bonds. The number of nitrogens with one attached hydrogen (secondary N) is 1. The van der Waals surface area contributed by atoms with E-state index in [1.807, 2.05) is 26.1 Å². The third-order valence-electron chi connectivity index (χ3n) is 7.61. The monoisotopic (exact) mass is 574 g/mol. The van der Waals surface area contributed by atoms with Crippen molar-refractivity contribution in [2.75, 3.05) is 24.5 Å². The van der Waals surface area contributed by atoms with Gasteiger partial charge in [0.25, 0.3) is 5.91 Å². The number of nitrogens with zero attached hydrogens (tertiary/aromatic N) is 5. The Morgan fingerprint density at radius 2 is 1.82 bits per heavy atom. The first-order valence-electron chi connectivity index (χ1n) is 13.4. The number of hydrogen-bond acceptors (Lipinski definition) is 6. The molecule has 1 aliphatic rings. The van der Waals surface area contributed by atoms with Crippen molar-refractivity contribution in [2.24, 2.45) is 0 Å². The largest absolute Gasteiger partial charge is 0.433 e. The van der Waals surface area contributed by atoms with Crippen molar-refractivity contribution in [3.05, 3.63) is 82.2 Å². The van der Waals surface area contributed by atoms with E-state index >= 15 is 0 Å². The van der Waals surface area contributed by atoms with Crippen LogP contribution in [-0.2, 0) is 12.7 Å². The predicted molar refractivity (Wildman–Crippen MR) is 149 cm³/mol. The first-order valence-corrected chi connectivity index (χ1v) is 13.7. The van der Waals surface area contributed by atoms with Gasteiger partial charge in [-0.1, -0.05) is 11.6 Å². The quantitative estimate of drug-likeness (QED) is 0.324.